The average Bonchev–Trinajstić information content (AvgIpc) is 2.36. The number of rotatable bonds is 7. The maximum absolute atomic E-state index is 11.1. The van der Waals surface area contributed by atoms with Crippen LogP contribution in [0.1, 0.15) is 19.8 Å². The number of esters is 1. The van der Waals surface area contributed by atoms with Gasteiger partial charge in [0.25, 0.3) is 0 Å². The molecule has 3 N–H and O–H groups in total. The summed E-state index contributed by atoms with van der Waals surface area (Å²) in [6.07, 6.45) is 2.37. The largest absolute Gasteiger partial charge is 0.479 e. The van der Waals surface area contributed by atoms with Gasteiger partial charge in [-0.1, -0.05) is 0 Å². The van der Waals surface area contributed by atoms with E-state index < -0.39 is 0 Å². The monoisotopic (exact) mass is 254 g/mol. The molecular weight excluding hydrogens is 236 g/mol. The Kier molecular flexibility index (Phi) is 5.69. The van der Waals surface area contributed by atoms with E-state index in [0.29, 0.717) is 43.4 Å². The number of hydrogen-bond donors (Lipinski definition) is 2. The molecular formula is C11H18N4O3. The highest BCUT2D eigenvalue weighted by Gasteiger charge is 2.07. The molecule has 0 bridgehead atoms. The molecule has 100 valence electrons. The second-order valence-electron chi connectivity index (χ2n) is 3.48. The maximum atomic E-state index is 11.1. The summed E-state index contributed by atoms with van der Waals surface area (Å²) < 4.78 is 9.79. The van der Waals surface area contributed by atoms with Crippen LogP contribution < -0.4 is 15.8 Å². The molecule has 0 saturated carbocycles. The molecule has 0 spiro atoms. The Balaban J connectivity index is 2.38. The number of carbonyl (C=O) groups excluding carboxylic acids is 1. The summed E-state index contributed by atoms with van der Waals surface area (Å²) in [5.74, 6) is 0.635. The van der Waals surface area contributed by atoms with Crippen LogP contribution >= 0.6 is 0 Å². The van der Waals surface area contributed by atoms with Crippen LogP contribution in [-0.2, 0) is 9.53 Å². The molecule has 0 amide bonds. The standard InChI is InChI=1S/C11H18N4O3/c1-3-18-8(16)5-4-6-13-10-9(12)11(17-2)15-7-14-10/h7H,3-6,12H2,1-2H3,(H,13,14,15). The van der Waals surface area contributed by atoms with Crippen molar-refractivity contribution in [2.45, 2.75) is 19.8 Å². The smallest absolute Gasteiger partial charge is 0.305 e. The van der Waals surface area contributed by atoms with Crippen molar-refractivity contribution in [1.82, 2.24) is 9.97 Å². The minimum Gasteiger partial charge on any atom is -0.479 e. The Morgan fingerprint density at radius 1 is 1.50 bits per heavy atom. The van der Waals surface area contributed by atoms with Crippen LogP contribution in [0.15, 0.2) is 6.33 Å². The Morgan fingerprint density at radius 2 is 2.28 bits per heavy atom. The lowest BCUT2D eigenvalue weighted by Gasteiger charge is -2.09. The number of nitrogens with zero attached hydrogens (tertiary/aromatic N) is 2. The zero-order valence-electron chi connectivity index (χ0n) is 10.6. The first-order valence-electron chi connectivity index (χ1n) is 5.73. The van der Waals surface area contributed by atoms with Crippen LogP contribution in [0.3, 0.4) is 0 Å². The fraction of sp³-hybridized carbons (Fsp3) is 0.545. The first kappa shape index (κ1) is 14.0. The van der Waals surface area contributed by atoms with Gasteiger partial charge in [0.05, 0.1) is 13.7 Å². The molecule has 1 aromatic heterocycles. The topological polar surface area (TPSA) is 99.4 Å². The summed E-state index contributed by atoms with van der Waals surface area (Å²) in [5.41, 5.74) is 6.14. The van der Waals surface area contributed by atoms with Crippen LogP contribution in [0.25, 0.3) is 0 Å². The van der Waals surface area contributed by atoms with E-state index in [4.69, 9.17) is 15.2 Å². The van der Waals surface area contributed by atoms with Gasteiger partial charge >= 0.3 is 5.97 Å². The van der Waals surface area contributed by atoms with E-state index in [1.54, 1.807) is 6.92 Å². The molecule has 0 saturated heterocycles. The van der Waals surface area contributed by atoms with Crippen molar-refractivity contribution < 1.29 is 14.3 Å². The van der Waals surface area contributed by atoms with E-state index in [-0.39, 0.29) is 5.97 Å². The first-order valence-corrected chi connectivity index (χ1v) is 5.73. The minimum atomic E-state index is -0.201. The normalized spacial score (nSPS) is 9.89. The van der Waals surface area contributed by atoms with Gasteiger partial charge in [-0.2, -0.15) is 4.98 Å². The number of aromatic nitrogens is 2. The van der Waals surface area contributed by atoms with Crippen LogP contribution in [0.5, 0.6) is 5.88 Å². The number of nitrogens with two attached hydrogens (primary N) is 1. The number of anilines is 2. The third-order valence-electron chi connectivity index (χ3n) is 2.20. The van der Waals surface area contributed by atoms with E-state index in [1.807, 2.05) is 0 Å². The molecule has 1 heterocycles. The number of methoxy groups -OCH3 is 1. The Bertz CT molecular complexity index is 398. The predicted octanol–water partition coefficient (Wildman–Crippen LogP) is 0.823. The Hall–Kier alpha value is -2.05. The first-order chi connectivity index (χ1) is 8.69. The number of hydrogen-bond acceptors (Lipinski definition) is 7. The maximum Gasteiger partial charge on any atom is 0.305 e. The lowest BCUT2D eigenvalue weighted by molar-refractivity contribution is -0.143. The summed E-state index contributed by atoms with van der Waals surface area (Å²) in [5, 5.41) is 3.02. The zero-order chi connectivity index (χ0) is 13.4. The minimum absolute atomic E-state index is 0.201. The molecule has 0 aromatic carbocycles. The lowest BCUT2D eigenvalue weighted by Crippen LogP contribution is -2.10. The van der Waals surface area contributed by atoms with Gasteiger partial charge in [0, 0.05) is 13.0 Å². The highest BCUT2D eigenvalue weighted by molar-refractivity contribution is 5.69. The van der Waals surface area contributed by atoms with Gasteiger partial charge in [0.2, 0.25) is 5.88 Å². The van der Waals surface area contributed by atoms with Crippen molar-refractivity contribution in [2.24, 2.45) is 0 Å². The van der Waals surface area contributed by atoms with Crippen molar-refractivity contribution in [3.05, 3.63) is 6.33 Å². The third kappa shape index (κ3) is 4.08. The number of nitrogen functional groups attached to an aromatic ring is 1. The fourth-order valence-electron chi connectivity index (χ4n) is 1.36. The Morgan fingerprint density at radius 3 is 2.94 bits per heavy atom. The second-order valence-corrected chi connectivity index (χ2v) is 3.48. The van der Waals surface area contributed by atoms with Gasteiger partial charge in [-0.25, -0.2) is 4.98 Å². The van der Waals surface area contributed by atoms with Crippen LogP contribution in [0.2, 0.25) is 0 Å². The summed E-state index contributed by atoms with van der Waals surface area (Å²) >= 11 is 0. The van der Waals surface area contributed by atoms with Crippen molar-refractivity contribution >= 4 is 17.5 Å². The van der Waals surface area contributed by atoms with Crippen molar-refractivity contribution in [2.75, 3.05) is 31.3 Å². The van der Waals surface area contributed by atoms with Gasteiger partial charge in [-0.3, -0.25) is 4.79 Å². The second kappa shape index (κ2) is 7.31. The number of ether oxygens (including phenoxy) is 2. The third-order valence-corrected chi connectivity index (χ3v) is 2.20. The van der Waals surface area contributed by atoms with Crippen molar-refractivity contribution in [1.29, 1.82) is 0 Å². The lowest BCUT2D eigenvalue weighted by atomic mass is 10.3. The summed E-state index contributed by atoms with van der Waals surface area (Å²) in [6, 6.07) is 0. The molecule has 0 aliphatic carbocycles. The summed E-state index contributed by atoms with van der Waals surface area (Å²) in [7, 11) is 1.49. The number of nitrogens with one attached hydrogen (secondary N) is 1. The predicted molar refractivity (Wildman–Crippen MR) is 67.4 cm³/mol. The molecule has 0 fully saturated rings. The van der Waals surface area contributed by atoms with E-state index in [9.17, 15) is 4.79 Å². The highest BCUT2D eigenvalue weighted by atomic mass is 16.5. The molecule has 0 unspecified atom stereocenters. The van der Waals surface area contributed by atoms with Gasteiger partial charge in [-0.05, 0) is 13.3 Å². The summed E-state index contributed by atoms with van der Waals surface area (Å²) in [6.45, 7) is 2.76. The van der Waals surface area contributed by atoms with Crippen molar-refractivity contribution in [3.8, 4) is 5.88 Å². The van der Waals surface area contributed by atoms with Crippen molar-refractivity contribution in [3.63, 3.8) is 0 Å². The van der Waals surface area contributed by atoms with Crippen LogP contribution in [0, 0.1) is 0 Å². The zero-order valence-corrected chi connectivity index (χ0v) is 10.6. The van der Waals surface area contributed by atoms with Crippen LogP contribution in [0.4, 0.5) is 11.5 Å². The van der Waals surface area contributed by atoms with Gasteiger partial charge in [0.1, 0.15) is 12.0 Å². The van der Waals surface area contributed by atoms with E-state index in [1.165, 1.54) is 13.4 Å². The fourth-order valence-corrected chi connectivity index (χ4v) is 1.36. The van der Waals surface area contributed by atoms with E-state index >= 15 is 0 Å². The molecule has 7 nitrogen and oxygen atoms in total. The number of carbonyl (C=O) groups is 1. The molecule has 1 rings (SSSR count). The Labute approximate surface area is 106 Å². The van der Waals surface area contributed by atoms with Gasteiger partial charge in [-0.15, -0.1) is 0 Å². The SMILES string of the molecule is CCOC(=O)CCCNc1ncnc(OC)c1N. The molecule has 0 radical (unpaired) electrons. The quantitative estimate of drug-likeness (QED) is 0.549. The highest BCUT2D eigenvalue weighted by Crippen LogP contribution is 2.23. The molecule has 0 atom stereocenters. The average molecular weight is 254 g/mol. The molecule has 7 heteroatoms. The van der Waals surface area contributed by atoms with Crippen LogP contribution in [-0.4, -0.2) is 36.2 Å². The van der Waals surface area contributed by atoms with E-state index in [0.717, 1.165) is 0 Å². The van der Waals surface area contributed by atoms with Gasteiger partial charge in [0.15, 0.2) is 5.82 Å². The van der Waals surface area contributed by atoms with E-state index in [2.05, 4.69) is 15.3 Å². The molecule has 18 heavy (non-hydrogen) atoms. The molecule has 0 aliphatic rings. The summed E-state index contributed by atoms with van der Waals surface area (Å²) in [4.78, 5) is 19.0. The molecule has 0 aliphatic heterocycles. The molecule has 1 aromatic rings. The van der Waals surface area contributed by atoms with Gasteiger partial charge < -0.3 is 20.5 Å².